The monoisotopic (exact) mass is 617 g/mol. The highest BCUT2D eigenvalue weighted by Crippen LogP contribution is 2.49. The van der Waals surface area contributed by atoms with Gasteiger partial charge >= 0.3 is 0 Å². The molecule has 3 aliphatic rings. The molecular weight excluding hydrogens is 575 g/mol. The van der Waals surface area contributed by atoms with Gasteiger partial charge in [0.25, 0.3) is 0 Å². The molecule has 0 saturated carbocycles. The number of allylic oxidation sites excluding steroid dienone is 4. The predicted octanol–water partition coefficient (Wildman–Crippen LogP) is 11.3. The van der Waals surface area contributed by atoms with E-state index in [1.807, 2.05) is 41.3 Å². The van der Waals surface area contributed by atoms with Gasteiger partial charge in [-0.15, -0.1) is 11.3 Å². The molecule has 0 radical (unpaired) electrons. The molecule has 2 heteroatoms. The molecule has 1 fully saturated rings. The van der Waals surface area contributed by atoms with Crippen molar-refractivity contribution in [3.8, 4) is 21.6 Å². The zero-order valence-corrected chi connectivity index (χ0v) is 25.5. The summed E-state index contributed by atoms with van der Waals surface area (Å²) < 4.78 is 86.2. The van der Waals surface area contributed by atoms with Gasteiger partial charge in [-0.25, -0.2) is 0 Å². The fourth-order valence-corrected chi connectivity index (χ4v) is 8.47. The van der Waals surface area contributed by atoms with Crippen LogP contribution < -0.4 is 4.90 Å². The second-order valence-electron chi connectivity index (χ2n) is 11.7. The lowest BCUT2D eigenvalue weighted by atomic mass is 9.78. The van der Waals surface area contributed by atoms with Crippen molar-refractivity contribution in [1.82, 2.24) is 0 Å². The summed E-state index contributed by atoms with van der Waals surface area (Å²) in [5, 5.41) is 1.15. The van der Waals surface area contributed by atoms with Crippen molar-refractivity contribution < 1.29 is 13.7 Å². The Morgan fingerprint density at radius 3 is 1.80 bits per heavy atom. The highest BCUT2D eigenvalue weighted by Gasteiger charge is 2.47. The quantitative estimate of drug-likeness (QED) is 0.186. The van der Waals surface area contributed by atoms with E-state index in [9.17, 15) is 0 Å². The van der Waals surface area contributed by atoms with E-state index in [0.29, 0.717) is 5.57 Å². The molecule has 1 aromatic heterocycles. The van der Waals surface area contributed by atoms with Crippen molar-refractivity contribution in [1.29, 1.82) is 0 Å². The standard InChI is InChI=1S/C44H33NS/c1-5-13-30(14-6-1)33-22-25-40-38(27-33)39-28-34(23-26-41(39)45(40)36-19-11-4-12-20-36)35-21-24-37-42(29-35)46-44(32-17-9-3-10-18-32)43(37)31-15-7-2-8-16-31/h1-29,38-41H/i1D,4D,5D,6D,11D,12D,13D,14D,19D,20D. The highest BCUT2D eigenvalue weighted by atomic mass is 32.1. The fourth-order valence-electron chi connectivity index (χ4n) is 7.20. The molecule has 0 amide bonds. The van der Waals surface area contributed by atoms with Crippen molar-refractivity contribution in [2.75, 3.05) is 4.90 Å². The molecule has 1 saturated heterocycles. The Bertz CT molecular complexity index is 2680. The van der Waals surface area contributed by atoms with Gasteiger partial charge in [0.15, 0.2) is 0 Å². The summed E-state index contributed by atoms with van der Waals surface area (Å²) in [7, 11) is 0. The maximum absolute atomic E-state index is 8.90. The van der Waals surface area contributed by atoms with E-state index in [-0.39, 0.29) is 47.3 Å². The van der Waals surface area contributed by atoms with Crippen molar-refractivity contribution in [3.63, 3.8) is 0 Å². The summed E-state index contributed by atoms with van der Waals surface area (Å²) in [6.07, 6.45) is 11.8. The number of rotatable bonds is 5. The van der Waals surface area contributed by atoms with Crippen molar-refractivity contribution in [3.05, 3.63) is 187 Å². The molecule has 220 valence electrons. The van der Waals surface area contributed by atoms with Crippen molar-refractivity contribution >= 4 is 38.3 Å². The van der Waals surface area contributed by atoms with Crippen LogP contribution in [0.3, 0.4) is 0 Å². The number of fused-ring (bicyclic) bond motifs is 4. The van der Waals surface area contributed by atoms with Crippen molar-refractivity contribution in [2.45, 2.75) is 12.1 Å². The molecule has 0 bridgehead atoms. The second-order valence-corrected chi connectivity index (χ2v) is 12.8. The van der Waals surface area contributed by atoms with E-state index in [1.54, 1.807) is 17.4 Å². The van der Waals surface area contributed by atoms with E-state index >= 15 is 0 Å². The predicted molar refractivity (Wildman–Crippen MR) is 197 cm³/mol. The normalized spacial score (nSPS) is 24.6. The molecule has 1 aliphatic heterocycles. The molecule has 0 N–H and O–H groups in total. The van der Waals surface area contributed by atoms with Crippen LogP contribution in [0.15, 0.2) is 176 Å². The van der Waals surface area contributed by atoms with E-state index in [0.717, 1.165) is 32.3 Å². The maximum atomic E-state index is 8.90. The van der Waals surface area contributed by atoms with E-state index < -0.39 is 48.3 Å². The van der Waals surface area contributed by atoms with Gasteiger partial charge in [0.1, 0.15) is 0 Å². The van der Waals surface area contributed by atoms with Crippen LogP contribution in [-0.2, 0) is 0 Å². The third kappa shape index (κ3) is 4.60. The number of para-hydroxylation sites is 1. The Morgan fingerprint density at radius 2 is 1.15 bits per heavy atom. The molecule has 4 atom stereocenters. The van der Waals surface area contributed by atoms with Crippen LogP contribution >= 0.6 is 11.3 Å². The Balaban J connectivity index is 1.19. The second kappa shape index (κ2) is 11.3. The lowest BCUT2D eigenvalue weighted by Gasteiger charge is -2.32. The van der Waals surface area contributed by atoms with Crippen LogP contribution in [0.1, 0.15) is 24.8 Å². The average Bonchev–Trinajstić information content (AvgIpc) is 3.77. The minimum Gasteiger partial charge on any atom is -0.357 e. The molecular formula is C44H33NS. The SMILES string of the molecule is [2H]c1c([2H])c([2H])c(C2=CC3C4C=C(c5ccc6c(-c7ccccc7)c(-c7ccccc7)sc6c5)C=CC4N(c4c([2H])c([2H])c([2H])c([2H])c4[2H])C3C=C2)c([2H])c1[2H]. The van der Waals surface area contributed by atoms with Crippen LogP contribution in [0.5, 0.6) is 0 Å². The zero-order chi connectivity index (χ0) is 39.2. The van der Waals surface area contributed by atoms with Crippen LogP contribution in [0.2, 0.25) is 0 Å². The molecule has 0 spiro atoms. The Labute approximate surface area is 288 Å². The van der Waals surface area contributed by atoms with Crippen molar-refractivity contribution in [2.24, 2.45) is 11.8 Å². The molecule has 2 heterocycles. The molecule has 46 heavy (non-hydrogen) atoms. The Morgan fingerprint density at radius 1 is 0.565 bits per heavy atom. The molecule has 6 aromatic rings. The number of nitrogens with zero attached hydrogens (tertiary/aromatic N) is 1. The van der Waals surface area contributed by atoms with Gasteiger partial charge in [0.05, 0.1) is 25.8 Å². The summed E-state index contributed by atoms with van der Waals surface area (Å²) in [6, 6.07) is 22.7. The van der Waals surface area contributed by atoms with Gasteiger partial charge in [-0.1, -0.05) is 158 Å². The molecule has 1 nitrogen and oxygen atoms in total. The minimum atomic E-state index is -0.463. The first kappa shape index (κ1) is 18.7. The number of hydrogen-bond acceptors (Lipinski definition) is 2. The molecule has 9 rings (SSSR count). The first-order valence-electron chi connectivity index (χ1n) is 20.4. The van der Waals surface area contributed by atoms with E-state index in [4.69, 9.17) is 13.7 Å². The van der Waals surface area contributed by atoms with Gasteiger partial charge in [0, 0.05) is 38.0 Å². The number of hydrogen-bond donors (Lipinski definition) is 0. The van der Waals surface area contributed by atoms with Crippen LogP contribution in [0.4, 0.5) is 5.69 Å². The molecule has 2 aliphatic carbocycles. The third-order valence-corrected chi connectivity index (χ3v) is 10.4. The van der Waals surface area contributed by atoms with E-state index in [1.165, 1.54) is 10.4 Å². The molecule has 4 unspecified atom stereocenters. The Hall–Kier alpha value is -5.18. The topological polar surface area (TPSA) is 3.24 Å². The maximum Gasteiger partial charge on any atom is 0.0645 e. The number of thiophene rings is 1. The zero-order valence-electron chi connectivity index (χ0n) is 34.6. The molecule has 5 aromatic carbocycles. The van der Waals surface area contributed by atoms with Crippen LogP contribution in [-0.4, -0.2) is 12.1 Å². The summed E-state index contributed by atoms with van der Waals surface area (Å²) in [5.74, 6) is -0.600. The number of anilines is 1. The first-order chi connectivity index (χ1) is 27.0. The number of benzene rings is 5. The highest BCUT2D eigenvalue weighted by molar-refractivity contribution is 7.23. The minimum absolute atomic E-state index is 0.102. The van der Waals surface area contributed by atoms with Gasteiger partial charge in [0.2, 0.25) is 0 Å². The van der Waals surface area contributed by atoms with E-state index in [2.05, 4.69) is 72.8 Å². The third-order valence-electron chi connectivity index (χ3n) is 9.22. The van der Waals surface area contributed by atoms with Crippen LogP contribution in [0.25, 0.3) is 42.8 Å². The van der Waals surface area contributed by atoms with Crippen LogP contribution in [0, 0.1) is 11.8 Å². The van der Waals surface area contributed by atoms with Gasteiger partial charge in [-0.2, -0.15) is 0 Å². The summed E-state index contributed by atoms with van der Waals surface area (Å²) >= 11 is 1.75. The summed E-state index contributed by atoms with van der Waals surface area (Å²) in [4.78, 5) is 3.08. The average molecular weight is 618 g/mol. The first-order valence-corrected chi connectivity index (χ1v) is 16.2. The summed E-state index contributed by atoms with van der Waals surface area (Å²) in [6.45, 7) is 0. The largest absolute Gasteiger partial charge is 0.357 e. The summed E-state index contributed by atoms with van der Waals surface area (Å²) in [5.41, 5.74) is 6.13. The van der Waals surface area contributed by atoms with Gasteiger partial charge < -0.3 is 4.90 Å². The van der Waals surface area contributed by atoms with Gasteiger partial charge in [-0.3, -0.25) is 0 Å². The fraction of sp³-hybridized carbons (Fsp3) is 0.0909. The Kier molecular flexibility index (Phi) is 4.60. The van der Waals surface area contributed by atoms with Gasteiger partial charge in [-0.05, 0) is 51.6 Å². The lowest BCUT2D eigenvalue weighted by Crippen LogP contribution is -2.36. The lowest BCUT2D eigenvalue weighted by molar-refractivity contribution is 0.530. The smallest absolute Gasteiger partial charge is 0.0645 e.